The summed E-state index contributed by atoms with van der Waals surface area (Å²) in [6, 6.07) is 12.2. The van der Waals surface area contributed by atoms with Gasteiger partial charge in [-0.2, -0.15) is 0 Å². The van der Waals surface area contributed by atoms with Crippen molar-refractivity contribution in [3.05, 3.63) is 71.3 Å². The van der Waals surface area contributed by atoms with Gasteiger partial charge < -0.3 is 11.1 Å². The van der Waals surface area contributed by atoms with Crippen LogP contribution < -0.4 is 11.1 Å². The lowest BCUT2D eigenvalue weighted by atomic mass is 9.87. The maximum atomic E-state index is 13.3. The van der Waals surface area contributed by atoms with E-state index in [0.717, 1.165) is 24.0 Å². The first-order valence-electron chi connectivity index (χ1n) is 9.41. The molecule has 0 aliphatic carbocycles. The molecule has 1 atom stereocenters. The van der Waals surface area contributed by atoms with Crippen molar-refractivity contribution in [1.29, 1.82) is 0 Å². The van der Waals surface area contributed by atoms with Crippen LogP contribution in [0.1, 0.15) is 50.2 Å². The minimum Gasteiger partial charge on any atom is -0.355 e. The average molecular weight is 374 g/mol. The smallest absolute Gasteiger partial charge is 0.236 e. The van der Waals surface area contributed by atoms with Crippen LogP contribution in [0.15, 0.2) is 48.5 Å². The highest BCUT2D eigenvalue weighted by Gasteiger charge is 2.16. The van der Waals surface area contributed by atoms with Crippen molar-refractivity contribution in [3.63, 3.8) is 0 Å². The second-order valence-electron chi connectivity index (χ2n) is 7.32. The summed E-state index contributed by atoms with van der Waals surface area (Å²) < 4.78 is 26.5. The standard InChI is InChI=1S/C22H28F2N2O/c1-15(2)14-21(25)22(27)26-13-3-4-20(16-5-9-18(23)10-6-16)17-7-11-19(24)12-8-17/h5-12,15,20-21H,3-4,13-14,25H2,1-2H3,(H,26,27)/t21-/m0/s1. The van der Waals surface area contributed by atoms with Crippen LogP contribution in [0.3, 0.4) is 0 Å². The van der Waals surface area contributed by atoms with Crippen LogP contribution in [-0.2, 0) is 4.79 Å². The van der Waals surface area contributed by atoms with Crippen molar-refractivity contribution < 1.29 is 13.6 Å². The SMILES string of the molecule is CC(C)C[C@H](N)C(=O)NCCCC(c1ccc(F)cc1)c1ccc(F)cc1. The number of carbonyl (C=O) groups excluding carboxylic acids is 1. The van der Waals surface area contributed by atoms with Crippen LogP contribution in [-0.4, -0.2) is 18.5 Å². The molecule has 2 rings (SSSR count). The summed E-state index contributed by atoms with van der Waals surface area (Å²) in [6.07, 6.45) is 2.14. The number of benzene rings is 2. The van der Waals surface area contributed by atoms with Gasteiger partial charge in [0.2, 0.25) is 5.91 Å². The molecule has 0 fully saturated rings. The molecular formula is C22H28F2N2O. The minimum absolute atomic E-state index is 0.00689. The van der Waals surface area contributed by atoms with Crippen LogP contribution in [0, 0.1) is 17.6 Å². The number of hydrogen-bond acceptors (Lipinski definition) is 2. The Hall–Kier alpha value is -2.27. The Labute approximate surface area is 160 Å². The Balaban J connectivity index is 1.97. The van der Waals surface area contributed by atoms with Gasteiger partial charge >= 0.3 is 0 Å². The fourth-order valence-electron chi connectivity index (χ4n) is 3.18. The van der Waals surface area contributed by atoms with Crippen LogP contribution in [0.25, 0.3) is 0 Å². The normalized spacial score (nSPS) is 12.4. The molecule has 0 radical (unpaired) electrons. The molecule has 2 aromatic rings. The third-order valence-corrected chi connectivity index (χ3v) is 4.58. The van der Waals surface area contributed by atoms with E-state index >= 15 is 0 Å². The van der Waals surface area contributed by atoms with Gasteiger partial charge in [0.1, 0.15) is 11.6 Å². The second-order valence-corrected chi connectivity index (χ2v) is 7.32. The predicted molar refractivity (Wildman–Crippen MR) is 104 cm³/mol. The molecule has 2 aromatic carbocycles. The maximum Gasteiger partial charge on any atom is 0.236 e. The molecule has 0 saturated heterocycles. The molecule has 1 amide bonds. The van der Waals surface area contributed by atoms with E-state index in [9.17, 15) is 13.6 Å². The molecule has 0 aromatic heterocycles. The second kappa shape index (κ2) is 10.2. The zero-order valence-electron chi connectivity index (χ0n) is 15.9. The molecule has 5 heteroatoms. The summed E-state index contributed by atoms with van der Waals surface area (Å²) in [7, 11) is 0. The Morgan fingerprint density at radius 3 is 1.89 bits per heavy atom. The molecule has 0 bridgehead atoms. The number of hydrogen-bond donors (Lipinski definition) is 2. The molecule has 3 nitrogen and oxygen atoms in total. The van der Waals surface area contributed by atoms with Crippen LogP contribution in [0.5, 0.6) is 0 Å². The highest BCUT2D eigenvalue weighted by atomic mass is 19.1. The van der Waals surface area contributed by atoms with Crippen molar-refractivity contribution in [2.45, 2.75) is 45.1 Å². The Morgan fingerprint density at radius 2 is 1.44 bits per heavy atom. The number of nitrogens with one attached hydrogen (secondary N) is 1. The van der Waals surface area contributed by atoms with Crippen molar-refractivity contribution in [1.82, 2.24) is 5.32 Å². The fourth-order valence-corrected chi connectivity index (χ4v) is 3.18. The van der Waals surface area contributed by atoms with Gasteiger partial charge in [0, 0.05) is 12.5 Å². The molecule has 27 heavy (non-hydrogen) atoms. The largest absolute Gasteiger partial charge is 0.355 e. The third-order valence-electron chi connectivity index (χ3n) is 4.58. The van der Waals surface area contributed by atoms with E-state index < -0.39 is 6.04 Å². The summed E-state index contributed by atoms with van der Waals surface area (Å²) in [6.45, 7) is 4.58. The first-order chi connectivity index (χ1) is 12.9. The average Bonchev–Trinajstić information content (AvgIpc) is 2.63. The van der Waals surface area contributed by atoms with Crippen molar-refractivity contribution in [2.24, 2.45) is 11.7 Å². The summed E-state index contributed by atoms with van der Waals surface area (Å²) in [5.41, 5.74) is 7.82. The molecule has 3 N–H and O–H groups in total. The van der Waals surface area contributed by atoms with Crippen molar-refractivity contribution in [2.75, 3.05) is 6.54 Å². The van der Waals surface area contributed by atoms with Crippen LogP contribution >= 0.6 is 0 Å². The molecular weight excluding hydrogens is 346 g/mol. The van der Waals surface area contributed by atoms with Gasteiger partial charge in [-0.25, -0.2) is 8.78 Å². The number of carbonyl (C=O) groups is 1. The Morgan fingerprint density at radius 1 is 0.963 bits per heavy atom. The van der Waals surface area contributed by atoms with E-state index in [0.29, 0.717) is 18.9 Å². The third kappa shape index (κ3) is 6.75. The first kappa shape index (κ1) is 21.0. The molecule has 0 unspecified atom stereocenters. The zero-order chi connectivity index (χ0) is 19.8. The van der Waals surface area contributed by atoms with E-state index in [-0.39, 0.29) is 23.5 Å². The monoisotopic (exact) mass is 374 g/mol. The lowest BCUT2D eigenvalue weighted by Crippen LogP contribution is -2.41. The van der Waals surface area contributed by atoms with E-state index in [1.807, 2.05) is 13.8 Å². The summed E-state index contributed by atoms with van der Waals surface area (Å²) in [5, 5.41) is 2.88. The van der Waals surface area contributed by atoms with Gasteiger partial charge in [0.25, 0.3) is 0 Å². The zero-order valence-corrected chi connectivity index (χ0v) is 15.9. The van der Waals surface area contributed by atoms with E-state index in [1.165, 1.54) is 24.3 Å². The number of halogens is 2. The molecule has 0 aliphatic heterocycles. The fraction of sp³-hybridized carbons (Fsp3) is 0.409. The predicted octanol–water partition coefficient (Wildman–Crippen LogP) is 4.37. The van der Waals surface area contributed by atoms with Gasteiger partial charge in [0.05, 0.1) is 6.04 Å². The van der Waals surface area contributed by atoms with Crippen molar-refractivity contribution in [3.8, 4) is 0 Å². The number of amides is 1. The minimum atomic E-state index is -0.491. The van der Waals surface area contributed by atoms with E-state index in [2.05, 4.69) is 5.32 Å². The number of rotatable bonds is 9. The van der Waals surface area contributed by atoms with Gasteiger partial charge in [-0.1, -0.05) is 38.1 Å². The molecule has 0 saturated carbocycles. The summed E-state index contributed by atoms with van der Waals surface area (Å²) >= 11 is 0. The topological polar surface area (TPSA) is 55.1 Å². The van der Waals surface area contributed by atoms with Crippen molar-refractivity contribution >= 4 is 5.91 Å². The Kier molecular flexibility index (Phi) is 7.92. The highest BCUT2D eigenvalue weighted by molar-refractivity contribution is 5.81. The summed E-state index contributed by atoms with van der Waals surface area (Å²) in [5.74, 6) is -0.339. The summed E-state index contributed by atoms with van der Waals surface area (Å²) in [4.78, 5) is 12.0. The molecule has 146 valence electrons. The lowest BCUT2D eigenvalue weighted by molar-refractivity contribution is -0.122. The van der Waals surface area contributed by atoms with Gasteiger partial charge in [-0.05, 0) is 60.6 Å². The van der Waals surface area contributed by atoms with Crippen LogP contribution in [0.2, 0.25) is 0 Å². The van der Waals surface area contributed by atoms with Gasteiger partial charge in [0.15, 0.2) is 0 Å². The number of nitrogens with two attached hydrogens (primary N) is 1. The van der Waals surface area contributed by atoms with Gasteiger partial charge in [-0.3, -0.25) is 4.79 Å². The molecule has 0 aliphatic rings. The Bertz CT molecular complexity index is 669. The van der Waals surface area contributed by atoms with Gasteiger partial charge in [-0.15, -0.1) is 0 Å². The lowest BCUT2D eigenvalue weighted by Gasteiger charge is -2.19. The van der Waals surface area contributed by atoms with E-state index in [4.69, 9.17) is 5.73 Å². The molecule has 0 heterocycles. The molecule has 0 spiro atoms. The first-order valence-corrected chi connectivity index (χ1v) is 9.41. The van der Waals surface area contributed by atoms with E-state index in [1.54, 1.807) is 24.3 Å². The quantitative estimate of drug-likeness (QED) is 0.641. The van der Waals surface area contributed by atoms with Crippen LogP contribution in [0.4, 0.5) is 8.78 Å². The maximum absolute atomic E-state index is 13.3. The highest BCUT2D eigenvalue weighted by Crippen LogP contribution is 2.29.